The van der Waals surface area contributed by atoms with E-state index in [1.807, 2.05) is 0 Å². The number of benzene rings is 1. The highest BCUT2D eigenvalue weighted by Gasteiger charge is 2.19. The van der Waals surface area contributed by atoms with Gasteiger partial charge in [-0.05, 0) is 24.3 Å². The van der Waals surface area contributed by atoms with E-state index in [4.69, 9.17) is 25.9 Å². The maximum atomic E-state index is 12.3. The van der Waals surface area contributed by atoms with Crippen LogP contribution >= 0.6 is 11.6 Å². The van der Waals surface area contributed by atoms with Crippen LogP contribution in [0.3, 0.4) is 0 Å². The molecule has 1 heterocycles. The number of nitrogens with zero attached hydrogens (tertiary/aromatic N) is 2. The summed E-state index contributed by atoms with van der Waals surface area (Å²) in [4.78, 5) is 28.6. The molecular weight excluding hydrogens is 336 g/mol. The van der Waals surface area contributed by atoms with Gasteiger partial charge in [-0.1, -0.05) is 11.6 Å². The lowest BCUT2D eigenvalue weighted by atomic mass is 10.2. The first kappa shape index (κ1) is 18.0. The fraction of sp³-hybridized carbons (Fsp3) is 0.312. The van der Waals surface area contributed by atoms with E-state index >= 15 is 0 Å². The molecule has 128 valence electrons. The second-order valence-corrected chi connectivity index (χ2v) is 5.47. The van der Waals surface area contributed by atoms with E-state index in [0.29, 0.717) is 16.6 Å². The van der Waals surface area contributed by atoms with Crippen LogP contribution in [-0.4, -0.2) is 53.7 Å². The first-order valence-electron chi connectivity index (χ1n) is 7.18. The van der Waals surface area contributed by atoms with Crippen molar-refractivity contribution in [2.75, 3.05) is 26.8 Å². The third-order valence-electron chi connectivity index (χ3n) is 3.22. The zero-order chi connectivity index (χ0) is 17.5. The number of aliphatic carboxylic acids is 1. The summed E-state index contributed by atoms with van der Waals surface area (Å²) >= 11 is 5.83. The molecule has 0 unspecified atom stereocenters. The Morgan fingerprint density at radius 1 is 1.33 bits per heavy atom. The maximum Gasteiger partial charge on any atom is 0.323 e. The monoisotopic (exact) mass is 352 g/mol. The van der Waals surface area contributed by atoms with E-state index in [-0.39, 0.29) is 32.0 Å². The SMILES string of the molecule is COCCN(CC(=O)O)C(=O)Cc1coc(-c2ccc(Cl)cc2)n1. The predicted octanol–water partition coefficient (Wildman–Crippen LogP) is 2.10. The second-order valence-electron chi connectivity index (χ2n) is 5.03. The van der Waals surface area contributed by atoms with Gasteiger partial charge < -0.3 is 19.2 Å². The number of aromatic nitrogens is 1. The molecule has 24 heavy (non-hydrogen) atoms. The summed E-state index contributed by atoms with van der Waals surface area (Å²) < 4.78 is 10.3. The molecule has 7 nitrogen and oxygen atoms in total. The summed E-state index contributed by atoms with van der Waals surface area (Å²) in [5.41, 5.74) is 1.16. The molecule has 1 aromatic heterocycles. The molecule has 2 aromatic rings. The van der Waals surface area contributed by atoms with Gasteiger partial charge in [-0.2, -0.15) is 0 Å². The Kier molecular flexibility index (Phi) is 6.34. The Morgan fingerprint density at radius 2 is 2.04 bits per heavy atom. The average Bonchev–Trinajstić information content (AvgIpc) is 3.00. The minimum Gasteiger partial charge on any atom is -0.480 e. The number of carboxylic acid groups (broad SMARTS) is 1. The van der Waals surface area contributed by atoms with E-state index in [1.165, 1.54) is 18.3 Å². The van der Waals surface area contributed by atoms with Crippen LogP contribution < -0.4 is 0 Å². The number of hydrogen-bond acceptors (Lipinski definition) is 5. The molecular formula is C16H17ClN2O5. The zero-order valence-corrected chi connectivity index (χ0v) is 13.8. The lowest BCUT2D eigenvalue weighted by molar-refractivity contribution is -0.144. The van der Waals surface area contributed by atoms with Crippen LogP contribution in [-0.2, 0) is 20.7 Å². The van der Waals surface area contributed by atoms with E-state index < -0.39 is 5.97 Å². The van der Waals surface area contributed by atoms with Gasteiger partial charge in [0, 0.05) is 24.2 Å². The minimum atomic E-state index is -1.08. The van der Waals surface area contributed by atoms with Crippen LogP contribution in [0.1, 0.15) is 5.69 Å². The lowest BCUT2D eigenvalue weighted by Crippen LogP contribution is -2.38. The van der Waals surface area contributed by atoms with Gasteiger partial charge in [0.15, 0.2) is 0 Å². The molecule has 8 heteroatoms. The summed E-state index contributed by atoms with van der Waals surface area (Å²) in [5, 5.41) is 9.49. The van der Waals surface area contributed by atoms with E-state index in [2.05, 4.69) is 4.98 Å². The Morgan fingerprint density at radius 3 is 2.67 bits per heavy atom. The Hall–Kier alpha value is -2.38. The van der Waals surface area contributed by atoms with Crippen LogP contribution in [0.4, 0.5) is 0 Å². The van der Waals surface area contributed by atoms with Crippen LogP contribution in [0.15, 0.2) is 34.9 Å². The normalized spacial score (nSPS) is 10.6. The van der Waals surface area contributed by atoms with Gasteiger partial charge in [0.2, 0.25) is 11.8 Å². The number of rotatable bonds is 8. The molecule has 0 aliphatic rings. The van der Waals surface area contributed by atoms with Crippen molar-refractivity contribution in [3.63, 3.8) is 0 Å². The molecule has 0 aliphatic heterocycles. The second kappa shape index (κ2) is 8.47. The van der Waals surface area contributed by atoms with Gasteiger partial charge in [-0.3, -0.25) is 9.59 Å². The zero-order valence-electron chi connectivity index (χ0n) is 13.1. The lowest BCUT2D eigenvalue weighted by Gasteiger charge is -2.19. The third-order valence-corrected chi connectivity index (χ3v) is 3.47. The van der Waals surface area contributed by atoms with Gasteiger partial charge >= 0.3 is 5.97 Å². The van der Waals surface area contributed by atoms with Crippen LogP contribution in [0, 0.1) is 0 Å². The molecule has 0 saturated heterocycles. The Balaban J connectivity index is 2.05. The molecule has 0 spiro atoms. The summed E-state index contributed by atoms with van der Waals surface area (Å²) in [6.45, 7) is 0.0709. The van der Waals surface area contributed by atoms with E-state index in [9.17, 15) is 9.59 Å². The van der Waals surface area contributed by atoms with Gasteiger partial charge in [0.05, 0.1) is 18.7 Å². The van der Waals surface area contributed by atoms with Crippen molar-refractivity contribution in [1.82, 2.24) is 9.88 Å². The van der Waals surface area contributed by atoms with Crippen LogP contribution in [0.2, 0.25) is 5.02 Å². The fourth-order valence-electron chi connectivity index (χ4n) is 2.04. The van der Waals surface area contributed by atoms with Crippen molar-refractivity contribution >= 4 is 23.5 Å². The molecule has 1 N–H and O–H groups in total. The molecule has 0 radical (unpaired) electrons. The molecule has 2 rings (SSSR count). The number of carbonyl (C=O) groups is 2. The quantitative estimate of drug-likeness (QED) is 0.782. The highest BCUT2D eigenvalue weighted by Crippen LogP contribution is 2.21. The third kappa shape index (κ3) is 5.07. The number of carboxylic acids is 1. The van der Waals surface area contributed by atoms with E-state index in [1.54, 1.807) is 24.3 Å². The van der Waals surface area contributed by atoms with Gasteiger partial charge in [-0.15, -0.1) is 0 Å². The van der Waals surface area contributed by atoms with Crippen molar-refractivity contribution in [3.8, 4) is 11.5 Å². The number of carbonyl (C=O) groups excluding carboxylic acids is 1. The average molecular weight is 353 g/mol. The summed E-state index contributed by atoms with van der Waals surface area (Å²) in [5.74, 6) is -1.07. The number of ether oxygens (including phenoxy) is 1. The van der Waals surface area contributed by atoms with Crippen LogP contribution in [0.5, 0.6) is 0 Å². The molecule has 1 aromatic carbocycles. The predicted molar refractivity (Wildman–Crippen MR) is 86.7 cm³/mol. The van der Waals surface area contributed by atoms with Crippen molar-refractivity contribution in [2.24, 2.45) is 0 Å². The van der Waals surface area contributed by atoms with Crippen LogP contribution in [0.25, 0.3) is 11.5 Å². The topological polar surface area (TPSA) is 92.9 Å². The molecule has 1 amide bonds. The number of halogens is 1. The maximum absolute atomic E-state index is 12.3. The van der Waals surface area contributed by atoms with Gasteiger partial charge in [-0.25, -0.2) is 4.98 Å². The van der Waals surface area contributed by atoms with Crippen molar-refractivity contribution < 1.29 is 23.8 Å². The molecule has 0 bridgehead atoms. The van der Waals surface area contributed by atoms with Crippen molar-refractivity contribution in [1.29, 1.82) is 0 Å². The van der Waals surface area contributed by atoms with Gasteiger partial charge in [0.25, 0.3) is 0 Å². The van der Waals surface area contributed by atoms with E-state index in [0.717, 1.165) is 5.56 Å². The highest BCUT2D eigenvalue weighted by atomic mass is 35.5. The largest absolute Gasteiger partial charge is 0.480 e. The number of amides is 1. The first-order chi connectivity index (χ1) is 11.5. The first-order valence-corrected chi connectivity index (χ1v) is 7.56. The highest BCUT2D eigenvalue weighted by molar-refractivity contribution is 6.30. The summed E-state index contributed by atoms with van der Waals surface area (Å²) in [6.07, 6.45) is 1.34. The summed E-state index contributed by atoms with van der Waals surface area (Å²) in [7, 11) is 1.49. The molecule has 0 saturated carbocycles. The molecule has 0 aliphatic carbocycles. The van der Waals surface area contributed by atoms with Crippen molar-refractivity contribution in [3.05, 3.63) is 41.2 Å². The number of oxazole rings is 1. The molecule has 0 atom stereocenters. The Labute approximate surface area is 143 Å². The number of hydrogen-bond donors (Lipinski definition) is 1. The van der Waals surface area contributed by atoms with Crippen molar-refractivity contribution in [2.45, 2.75) is 6.42 Å². The smallest absolute Gasteiger partial charge is 0.323 e. The fourth-order valence-corrected chi connectivity index (χ4v) is 2.16. The molecule has 0 fully saturated rings. The number of methoxy groups -OCH3 is 1. The summed E-state index contributed by atoms with van der Waals surface area (Å²) in [6, 6.07) is 6.95. The minimum absolute atomic E-state index is 0.0475. The van der Waals surface area contributed by atoms with Gasteiger partial charge in [0.1, 0.15) is 12.8 Å². The Bertz CT molecular complexity index is 699. The standard InChI is InChI=1S/C16H17ClN2O5/c1-23-7-6-19(9-15(21)22)14(20)8-13-10-24-16(18-13)11-2-4-12(17)5-3-11/h2-5,10H,6-9H2,1H3,(H,21,22).